The van der Waals surface area contributed by atoms with E-state index in [1.165, 1.54) is 12.1 Å². The maximum absolute atomic E-state index is 12.0. The lowest BCUT2D eigenvalue weighted by molar-refractivity contribution is -0.115. The van der Waals surface area contributed by atoms with Crippen molar-refractivity contribution in [1.82, 2.24) is 5.32 Å². The number of carbonyl (C=O) groups is 1. The molecule has 0 aliphatic rings. The van der Waals surface area contributed by atoms with Crippen molar-refractivity contribution in [3.8, 4) is 0 Å². The molecule has 2 aromatic rings. The average molecular weight is 367 g/mol. The minimum Gasteiger partial charge on any atom is -0.325 e. The molecule has 0 spiro atoms. The molecule has 0 saturated carbocycles. The number of hydrogen-bond acceptors (Lipinski definition) is 4. The Kier molecular flexibility index (Phi) is 5.99. The highest BCUT2D eigenvalue weighted by Crippen LogP contribution is 2.17. The molecule has 0 saturated heterocycles. The molecule has 0 fully saturated rings. The van der Waals surface area contributed by atoms with Gasteiger partial charge in [-0.2, -0.15) is 0 Å². The Morgan fingerprint density at radius 1 is 1.17 bits per heavy atom. The first-order valence-electron chi connectivity index (χ1n) is 7.34. The zero-order chi connectivity index (χ0) is 17.7. The Hall–Kier alpha value is -1.89. The van der Waals surface area contributed by atoms with E-state index in [9.17, 15) is 13.2 Å². The van der Waals surface area contributed by atoms with E-state index in [0.717, 1.165) is 11.8 Å². The summed E-state index contributed by atoms with van der Waals surface area (Å²) in [5.74, 6) is -0.255. The van der Waals surface area contributed by atoms with Gasteiger partial charge in [0.05, 0.1) is 11.4 Å². The Balaban J connectivity index is 1.94. The Morgan fingerprint density at radius 2 is 1.88 bits per heavy atom. The molecule has 0 heterocycles. The second kappa shape index (κ2) is 7.79. The van der Waals surface area contributed by atoms with Crippen LogP contribution in [0.3, 0.4) is 0 Å². The predicted molar refractivity (Wildman–Crippen MR) is 96.1 cm³/mol. The summed E-state index contributed by atoms with van der Waals surface area (Å²) in [4.78, 5) is 12.2. The normalized spacial score (nSPS) is 12.6. The van der Waals surface area contributed by atoms with Crippen molar-refractivity contribution in [2.45, 2.75) is 17.9 Å². The molecule has 5 nitrogen and oxygen atoms in total. The Labute approximate surface area is 147 Å². The van der Waals surface area contributed by atoms with Crippen LogP contribution in [-0.4, -0.2) is 27.1 Å². The van der Waals surface area contributed by atoms with Crippen LogP contribution in [0.25, 0.3) is 0 Å². The van der Waals surface area contributed by atoms with Gasteiger partial charge in [0.1, 0.15) is 0 Å². The first-order chi connectivity index (χ1) is 11.3. The van der Waals surface area contributed by atoms with E-state index in [-0.39, 0.29) is 23.4 Å². The van der Waals surface area contributed by atoms with Crippen LogP contribution >= 0.6 is 11.6 Å². The van der Waals surface area contributed by atoms with Crippen molar-refractivity contribution in [2.75, 3.05) is 18.1 Å². The molecule has 1 atom stereocenters. The van der Waals surface area contributed by atoms with Crippen molar-refractivity contribution in [3.05, 3.63) is 59.1 Å². The van der Waals surface area contributed by atoms with Gasteiger partial charge in [-0.25, -0.2) is 8.42 Å². The molecule has 24 heavy (non-hydrogen) atoms. The lowest BCUT2D eigenvalue weighted by atomic mass is 10.1. The van der Waals surface area contributed by atoms with Crippen molar-refractivity contribution in [3.63, 3.8) is 0 Å². The van der Waals surface area contributed by atoms with Gasteiger partial charge in [0.15, 0.2) is 9.84 Å². The van der Waals surface area contributed by atoms with Crippen LogP contribution in [0, 0.1) is 0 Å². The van der Waals surface area contributed by atoms with Gasteiger partial charge in [-0.3, -0.25) is 4.79 Å². The van der Waals surface area contributed by atoms with Crippen LogP contribution < -0.4 is 10.6 Å². The predicted octanol–water partition coefficient (Wildman–Crippen LogP) is 3.03. The van der Waals surface area contributed by atoms with Crippen LogP contribution in [0.2, 0.25) is 5.02 Å². The van der Waals surface area contributed by atoms with Crippen LogP contribution in [0.4, 0.5) is 5.69 Å². The first kappa shape index (κ1) is 18.4. The number of hydrogen-bond donors (Lipinski definition) is 2. The smallest absolute Gasteiger partial charge is 0.238 e. The molecular formula is C17H19ClN2O3S. The largest absolute Gasteiger partial charge is 0.325 e. The Morgan fingerprint density at radius 3 is 2.54 bits per heavy atom. The summed E-state index contributed by atoms with van der Waals surface area (Å²) in [6.07, 6.45) is 1.13. The summed E-state index contributed by atoms with van der Waals surface area (Å²) < 4.78 is 23.1. The number of halogens is 1. The fraction of sp³-hybridized carbons (Fsp3) is 0.235. The summed E-state index contributed by atoms with van der Waals surface area (Å²) in [7, 11) is -3.31. The summed E-state index contributed by atoms with van der Waals surface area (Å²) in [5, 5.41) is 6.42. The second-order valence-electron chi connectivity index (χ2n) is 5.51. The van der Waals surface area contributed by atoms with E-state index in [4.69, 9.17) is 11.6 Å². The summed E-state index contributed by atoms with van der Waals surface area (Å²) in [6, 6.07) is 13.5. The van der Waals surface area contributed by atoms with Gasteiger partial charge < -0.3 is 10.6 Å². The third kappa shape index (κ3) is 5.33. The highest BCUT2D eigenvalue weighted by molar-refractivity contribution is 7.90. The maximum Gasteiger partial charge on any atom is 0.238 e. The summed E-state index contributed by atoms with van der Waals surface area (Å²) >= 11 is 5.95. The topological polar surface area (TPSA) is 75.3 Å². The molecule has 0 aromatic heterocycles. The molecule has 0 aliphatic carbocycles. The van der Waals surface area contributed by atoms with Crippen molar-refractivity contribution >= 4 is 33.0 Å². The Bertz CT molecular complexity index is 837. The molecule has 0 bridgehead atoms. The molecule has 7 heteroatoms. The standard InChI is InChI=1S/C17H19ClN2O3S/c1-12(13-5-3-6-14(18)9-13)19-11-17(21)20-15-7-4-8-16(10-15)24(2,22)23/h3-10,12,19H,11H2,1-2H3,(H,20,21)/t12-/m1/s1. The van der Waals surface area contributed by atoms with Gasteiger partial charge in [-0.1, -0.05) is 29.8 Å². The molecule has 2 aromatic carbocycles. The van der Waals surface area contributed by atoms with Crippen LogP contribution in [-0.2, 0) is 14.6 Å². The number of carbonyl (C=O) groups excluding carboxylic acids is 1. The SMILES string of the molecule is C[C@@H](NCC(=O)Nc1cccc(S(C)(=O)=O)c1)c1cccc(Cl)c1. The number of amides is 1. The summed E-state index contributed by atoms with van der Waals surface area (Å²) in [6.45, 7) is 2.03. The molecule has 0 radical (unpaired) electrons. The molecule has 1 amide bonds. The van der Waals surface area contributed by atoms with Crippen molar-refractivity contribution < 1.29 is 13.2 Å². The number of benzene rings is 2. The fourth-order valence-electron chi connectivity index (χ4n) is 2.15. The van der Waals surface area contributed by atoms with E-state index >= 15 is 0 Å². The second-order valence-corrected chi connectivity index (χ2v) is 7.96. The minimum absolute atomic E-state index is 0.0446. The highest BCUT2D eigenvalue weighted by Gasteiger charge is 2.11. The van der Waals surface area contributed by atoms with E-state index in [1.807, 2.05) is 25.1 Å². The molecule has 2 N–H and O–H groups in total. The van der Waals surface area contributed by atoms with Gasteiger partial charge in [0.2, 0.25) is 5.91 Å². The van der Waals surface area contributed by atoms with Crippen LogP contribution in [0.15, 0.2) is 53.4 Å². The molecular weight excluding hydrogens is 348 g/mol. The number of anilines is 1. The van der Waals surface area contributed by atoms with E-state index < -0.39 is 9.84 Å². The monoisotopic (exact) mass is 366 g/mol. The van der Waals surface area contributed by atoms with Gasteiger partial charge >= 0.3 is 0 Å². The van der Waals surface area contributed by atoms with E-state index in [0.29, 0.717) is 10.7 Å². The van der Waals surface area contributed by atoms with Crippen LogP contribution in [0.1, 0.15) is 18.5 Å². The third-order valence-electron chi connectivity index (χ3n) is 3.46. The summed E-state index contributed by atoms with van der Waals surface area (Å²) in [5.41, 5.74) is 1.43. The zero-order valence-corrected chi connectivity index (χ0v) is 15.0. The number of rotatable bonds is 6. The van der Waals surface area contributed by atoms with E-state index in [1.54, 1.807) is 18.2 Å². The lowest BCUT2D eigenvalue weighted by Gasteiger charge is -2.14. The number of sulfone groups is 1. The highest BCUT2D eigenvalue weighted by atomic mass is 35.5. The third-order valence-corrected chi connectivity index (χ3v) is 4.81. The van der Waals surface area contributed by atoms with E-state index in [2.05, 4.69) is 10.6 Å². The fourth-order valence-corrected chi connectivity index (χ4v) is 3.01. The molecule has 2 rings (SSSR count). The molecule has 128 valence electrons. The molecule has 0 aliphatic heterocycles. The lowest BCUT2D eigenvalue weighted by Crippen LogP contribution is -2.30. The number of nitrogens with one attached hydrogen (secondary N) is 2. The van der Waals surface area contributed by atoms with Crippen LogP contribution in [0.5, 0.6) is 0 Å². The average Bonchev–Trinajstić information content (AvgIpc) is 2.52. The molecule has 0 unspecified atom stereocenters. The zero-order valence-electron chi connectivity index (χ0n) is 13.4. The van der Waals surface area contributed by atoms with Gasteiger partial charge in [0, 0.05) is 23.0 Å². The van der Waals surface area contributed by atoms with Gasteiger partial charge in [0.25, 0.3) is 0 Å². The van der Waals surface area contributed by atoms with Gasteiger partial charge in [-0.05, 0) is 42.8 Å². The van der Waals surface area contributed by atoms with Crippen molar-refractivity contribution in [1.29, 1.82) is 0 Å². The first-order valence-corrected chi connectivity index (χ1v) is 9.61. The van der Waals surface area contributed by atoms with Crippen molar-refractivity contribution in [2.24, 2.45) is 0 Å². The quantitative estimate of drug-likeness (QED) is 0.824. The minimum atomic E-state index is -3.31. The van der Waals surface area contributed by atoms with Gasteiger partial charge in [-0.15, -0.1) is 0 Å². The maximum atomic E-state index is 12.0.